The second-order valence-electron chi connectivity index (χ2n) is 5.99. The van der Waals surface area contributed by atoms with E-state index in [4.69, 9.17) is 4.74 Å². The third-order valence-electron chi connectivity index (χ3n) is 4.63. The summed E-state index contributed by atoms with van der Waals surface area (Å²) in [6.07, 6.45) is 10.3. The van der Waals surface area contributed by atoms with Crippen molar-refractivity contribution in [2.75, 3.05) is 0 Å². The molecule has 0 aliphatic heterocycles. The molecule has 100 valence electrons. The summed E-state index contributed by atoms with van der Waals surface area (Å²) in [5.74, 6) is 1.28. The van der Waals surface area contributed by atoms with E-state index in [0.29, 0.717) is 11.5 Å². The SMILES string of the molecule is C=CC1(OC(=O)C(=C)C)CCC(C2CCCC2)C1. The highest BCUT2D eigenvalue weighted by atomic mass is 16.6. The smallest absolute Gasteiger partial charge is 0.333 e. The number of ether oxygens (including phenoxy) is 1. The molecule has 18 heavy (non-hydrogen) atoms. The van der Waals surface area contributed by atoms with Gasteiger partial charge in [-0.1, -0.05) is 38.8 Å². The molecular formula is C16H24O2. The Bertz CT molecular complexity index is 352. The van der Waals surface area contributed by atoms with Gasteiger partial charge in [-0.2, -0.15) is 0 Å². The summed E-state index contributed by atoms with van der Waals surface area (Å²) in [6.45, 7) is 9.23. The Morgan fingerprint density at radius 2 is 1.94 bits per heavy atom. The van der Waals surface area contributed by atoms with Gasteiger partial charge >= 0.3 is 5.97 Å². The molecule has 2 unspecified atom stereocenters. The summed E-state index contributed by atoms with van der Waals surface area (Å²) in [5, 5.41) is 0. The van der Waals surface area contributed by atoms with Crippen molar-refractivity contribution >= 4 is 5.97 Å². The first-order valence-corrected chi connectivity index (χ1v) is 7.09. The molecule has 0 aromatic heterocycles. The number of rotatable bonds is 4. The Labute approximate surface area is 110 Å². The fraction of sp³-hybridized carbons (Fsp3) is 0.688. The van der Waals surface area contributed by atoms with Gasteiger partial charge in [-0.05, 0) is 44.1 Å². The Balaban J connectivity index is 1.99. The molecular weight excluding hydrogens is 224 g/mol. The van der Waals surface area contributed by atoms with Crippen LogP contribution in [0.25, 0.3) is 0 Å². The van der Waals surface area contributed by atoms with Crippen molar-refractivity contribution in [1.29, 1.82) is 0 Å². The van der Waals surface area contributed by atoms with Crippen molar-refractivity contribution in [3.05, 3.63) is 24.8 Å². The van der Waals surface area contributed by atoms with Gasteiger partial charge in [-0.3, -0.25) is 0 Å². The molecule has 0 N–H and O–H groups in total. The molecule has 0 bridgehead atoms. The van der Waals surface area contributed by atoms with Crippen LogP contribution in [0, 0.1) is 11.8 Å². The minimum Gasteiger partial charge on any atom is -0.451 e. The van der Waals surface area contributed by atoms with Gasteiger partial charge in [0.15, 0.2) is 0 Å². The summed E-state index contributed by atoms with van der Waals surface area (Å²) in [6, 6.07) is 0. The molecule has 0 saturated heterocycles. The van der Waals surface area contributed by atoms with Crippen LogP contribution in [-0.2, 0) is 9.53 Å². The van der Waals surface area contributed by atoms with Gasteiger partial charge in [0, 0.05) is 5.57 Å². The highest BCUT2D eigenvalue weighted by Gasteiger charge is 2.43. The summed E-state index contributed by atoms with van der Waals surface area (Å²) in [5.41, 5.74) is 0.0454. The highest BCUT2D eigenvalue weighted by molar-refractivity contribution is 5.87. The standard InChI is InChI=1S/C16H24O2/c1-4-16(18-15(17)12(2)3)10-9-14(11-16)13-7-5-6-8-13/h4,13-14H,1-2,5-11H2,3H3. The molecule has 0 spiro atoms. The van der Waals surface area contributed by atoms with E-state index in [9.17, 15) is 4.79 Å². The zero-order valence-electron chi connectivity index (χ0n) is 11.4. The van der Waals surface area contributed by atoms with E-state index in [2.05, 4.69) is 13.2 Å². The van der Waals surface area contributed by atoms with E-state index in [0.717, 1.165) is 18.8 Å². The Hall–Kier alpha value is -1.05. The van der Waals surface area contributed by atoms with Crippen LogP contribution >= 0.6 is 0 Å². The van der Waals surface area contributed by atoms with Crippen LogP contribution in [0.4, 0.5) is 0 Å². The maximum absolute atomic E-state index is 11.7. The number of esters is 1. The topological polar surface area (TPSA) is 26.3 Å². The molecule has 2 atom stereocenters. The molecule has 0 amide bonds. The van der Waals surface area contributed by atoms with E-state index < -0.39 is 5.60 Å². The van der Waals surface area contributed by atoms with Crippen LogP contribution < -0.4 is 0 Å². The van der Waals surface area contributed by atoms with Crippen molar-refractivity contribution < 1.29 is 9.53 Å². The Kier molecular flexibility index (Phi) is 3.94. The molecule has 2 aliphatic carbocycles. The molecule has 0 radical (unpaired) electrons. The molecule has 0 aromatic rings. The van der Waals surface area contributed by atoms with Crippen molar-refractivity contribution in [3.63, 3.8) is 0 Å². The highest BCUT2D eigenvalue weighted by Crippen LogP contribution is 2.46. The van der Waals surface area contributed by atoms with Crippen LogP contribution in [0.2, 0.25) is 0 Å². The van der Waals surface area contributed by atoms with Crippen molar-refractivity contribution in [2.24, 2.45) is 11.8 Å². The van der Waals surface area contributed by atoms with Gasteiger partial charge in [0.1, 0.15) is 5.60 Å². The van der Waals surface area contributed by atoms with E-state index in [1.807, 2.05) is 6.08 Å². The largest absolute Gasteiger partial charge is 0.451 e. The van der Waals surface area contributed by atoms with Crippen LogP contribution in [-0.4, -0.2) is 11.6 Å². The van der Waals surface area contributed by atoms with Crippen LogP contribution in [0.3, 0.4) is 0 Å². The fourth-order valence-corrected chi connectivity index (χ4v) is 3.50. The molecule has 2 rings (SSSR count). The zero-order valence-corrected chi connectivity index (χ0v) is 11.4. The maximum Gasteiger partial charge on any atom is 0.333 e. The van der Waals surface area contributed by atoms with E-state index in [-0.39, 0.29) is 5.97 Å². The number of hydrogen-bond donors (Lipinski definition) is 0. The molecule has 0 heterocycles. The zero-order chi connectivity index (χ0) is 13.2. The summed E-state index contributed by atoms with van der Waals surface area (Å²) in [4.78, 5) is 11.7. The number of carbonyl (C=O) groups excluding carboxylic acids is 1. The van der Waals surface area contributed by atoms with Gasteiger partial charge in [-0.15, -0.1) is 0 Å². The van der Waals surface area contributed by atoms with Crippen molar-refractivity contribution in [2.45, 2.75) is 57.5 Å². The lowest BCUT2D eigenvalue weighted by molar-refractivity contribution is -0.150. The second-order valence-corrected chi connectivity index (χ2v) is 5.99. The minimum absolute atomic E-state index is 0.276. The molecule has 0 aromatic carbocycles. The molecule has 2 saturated carbocycles. The predicted molar refractivity (Wildman–Crippen MR) is 73.1 cm³/mol. The average molecular weight is 248 g/mol. The lowest BCUT2D eigenvalue weighted by Crippen LogP contribution is -2.30. The second kappa shape index (κ2) is 5.29. The fourth-order valence-electron chi connectivity index (χ4n) is 3.50. The van der Waals surface area contributed by atoms with Gasteiger partial charge in [0.25, 0.3) is 0 Å². The van der Waals surface area contributed by atoms with Crippen LogP contribution in [0.15, 0.2) is 24.8 Å². The van der Waals surface area contributed by atoms with Crippen LogP contribution in [0.1, 0.15) is 51.9 Å². The average Bonchev–Trinajstić information content (AvgIpc) is 2.97. The van der Waals surface area contributed by atoms with Gasteiger partial charge in [0.05, 0.1) is 0 Å². The first-order chi connectivity index (χ1) is 8.56. The third kappa shape index (κ3) is 2.68. The summed E-state index contributed by atoms with van der Waals surface area (Å²) in [7, 11) is 0. The molecule has 2 aliphatic rings. The molecule has 2 heteroatoms. The van der Waals surface area contributed by atoms with E-state index >= 15 is 0 Å². The number of hydrogen-bond acceptors (Lipinski definition) is 2. The third-order valence-corrected chi connectivity index (χ3v) is 4.63. The maximum atomic E-state index is 11.7. The van der Waals surface area contributed by atoms with E-state index in [1.54, 1.807) is 6.92 Å². The molecule has 2 fully saturated rings. The lowest BCUT2D eigenvalue weighted by atomic mass is 9.88. The first-order valence-electron chi connectivity index (χ1n) is 7.09. The summed E-state index contributed by atoms with van der Waals surface area (Å²) < 4.78 is 5.64. The van der Waals surface area contributed by atoms with Gasteiger partial charge in [-0.25, -0.2) is 4.79 Å². The Morgan fingerprint density at radius 3 is 2.50 bits per heavy atom. The van der Waals surface area contributed by atoms with Crippen molar-refractivity contribution in [1.82, 2.24) is 0 Å². The lowest BCUT2D eigenvalue weighted by Gasteiger charge is -2.27. The summed E-state index contributed by atoms with van der Waals surface area (Å²) >= 11 is 0. The van der Waals surface area contributed by atoms with Crippen LogP contribution in [0.5, 0.6) is 0 Å². The quantitative estimate of drug-likeness (QED) is 0.427. The minimum atomic E-state index is -0.427. The molecule has 2 nitrogen and oxygen atoms in total. The Morgan fingerprint density at radius 1 is 1.28 bits per heavy atom. The van der Waals surface area contributed by atoms with Crippen molar-refractivity contribution in [3.8, 4) is 0 Å². The van der Waals surface area contributed by atoms with Gasteiger partial charge < -0.3 is 4.74 Å². The van der Waals surface area contributed by atoms with Gasteiger partial charge in [0.2, 0.25) is 0 Å². The monoisotopic (exact) mass is 248 g/mol. The predicted octanol–water partition coefficient (Wildman–Crippen LogP) is 4.02. The normalized spacial score (nSPS) is 32.4. The number of carbonyl (C=O) groups is 1. The van der Waals surface area contributed by atoms with E-state index in [1.165, 1.54) is 32.1 Å². The first kappa shape index (κ1) is 13.4.